The van der Waals surface area contributed by atoms with Crippen molar-refractivity contribution in [3.63, 3.8) is 0 Å². The summed E-state index contributed by atoms with van der Waals surface area (Å²) in [7, 11) is 0. The summed E-state index contributed by atoms with van der Waals surface area (Å²) in [4.78, 5) is 11.0. The maximum atomic E-state index is 11.0. The minimum absolute atomic E-state index is 0.115. The molecular weight excluding hydrogens is 260 g/mol. The van der Waals surface area contributed by atoms with Gasteiger partial charge in [0.15, 0.2) is 0 Å². The molecule has 0 bridgehead atoms. The molecule has 0 aliphatic heterocycles. The molecule has 2 aromatic rings. The van der Waals surface area contributed by atoms with Crippen LogP contribution >= 0.6 is 22.9 Å². The normalized spacial score (nSPS) is 10.2. The molecule has 0 spiro atoms. The van der Waals surface area contributed by atoms with Gasteiger partial charge in [0.05, 0.1) is 0 Å². The van der Waals surface area contributed by atoms with E-state index in [0.29, 0.717) is 11.6 Å². The fourth-order valence-corrected chi connectivity index (χ4v) is 2.14. The van der Waals surface area contributed by atoms with Crippen LogP contribution in [0.3, 0.4) is 0 Å². The third-order valence-electron chi connectivity index (χ3n) is 2.15. The predicted molar refractivity (Wildman–Crippen MR) is 67.1 cm³/mol. The summed E-state index contributed by atoms with van der Waals surface area (Å²) < 4.78 is 5.47. The molecule has 88 valence electrons. The van der Waals surface area contributed by atoms with Gasteiger partial charge in [0.25, 0.3) is 0 Å². The lowest BCUT2D eigenvalue weighted by Gasteiger charge is -2.08. The van der Waals surface area contributed by atoms with Crippen LogP contribution in [0.2, 0.25) is 5.02 Å². The Kier molecular flexibility index (Phi) is 3.66. The monoisotopic (exact) mass is 268 g/mol. The fraction of sp³-hybridized carbons (Fsp3) is 0.0833. The molecule has 1 N–H and O–H groups in total. The number of benzene rings is 1. The van der Waals surface area contributed by atoms with Crippen molar-refractivity contribution in [1.29, 1.82) is 0 Å². The molecule has 0 unspecified atom stereocenters. The number of carbonyl (C=O) groups is 1. The van der Waals surface area contributed by atoms with E-state index in [4.69, 9.17) is 21.4 Å². The number of halogens is 1. The lowest BCUT2D eigenvalue weighted by molar-refractivity contribution is 0.0692. The summed E-state index contributed by atoms with van der Waals surface area (Å²) >= 11 is 7.38. The number of thiophene rings is 1. The van der Waals surface area contributed by atoms with Gasteiger partial charge in [-0.3, -0.25) is 0 Å². The molecule has 0 fully saturated rings. The zero-order valence-electron chi connectivity index (χ0n) is 8.72. The minimum atomic E-state index is -1.03. The molecule has 0 radical (unpaired) electrons. The molecule has 1 aromatic carbocycles. The molecule has 0 saturated heterocycles. The van der Waals surface area contributed by atoms with Crippen LogP contribution in [0.5, 0.6) is 5.75 Å². The molecule has 0 aliphatic rings. The van der Waals surface area contributed by atoms with Gasteiger partial charge in [0.1, 0.15) is 17.9 Å². The van der Waals surface area contributed by atoms with Gasteiger partial charge in [0, 0.05) is 5.02 Å². The van der Waals surface area contributed by atoms with Crippen LogP contribution in [0.15, 0.2) is 35.0 Å². The second kappa shape index (κ2) is 5.21. The Hall–Kier alpha value is -1.52. The van der Waals surface area contributed by atoms with Crippen LogP contribution in [0, 0.1) is 0 Å². The summed E-state index contributed by atoms with van der Waals surface area (Å²) in [5.41, 5.74) is 1.12. The van der Waals surface area contributed by atoms with Crippen molar-refractivity contribution in [3.05, 3.63) is 51.2 Å². The maximum absolute atomic E-state index is 11.0. The van der Waals surface area contributed by atoms with E-state index >= 15 is 0 Å². The lowest BCUT2D eigenvalue weighted by atomic mass is 10.2. The smallest absolute Gasteiger partial charge is 0.339 e. The van der Waals surface area contributed by atoms with E-state index in [-0.39, 0.29) is 11.3 Å². The first-order chi connectivity index (χ1) is 8.16. The molecule has 2 rings (SSSR count). The van der Waals surface area contributed by atoms with Crippen LogP contribution in [0.1, 0.15) is 15.9 Å². The average Bonchev–Trinajstić information content (AvgIpc) is 2.78. The molecule has 17 heavy (non-hydrogen) atoms. The minimum Gasteiger partial charge on any atom is -0.488 e. The first-order valence-corrected chi connectivity index (χ1v) is 6.15. The predicted octanol–water partition coefficient (Wildman–Crippen LogP) is 3.68. The van der Waals surface area contributed by atoms with Gasteiger partial charge in [-0.2, -0.15) is 11.3 Å². The largest absolute Gasteiger partial charge is 0.488 e. The average molecular weight is 269 g/mol. The molecule has 0 atom stereocenters. The number of carboxylic acid groups (broad SMARTS) is 1. The zero-order valence-corrected chi connectivity index (χ0v) is 10.3. The number of hydrogen-bond donors (Lipinski definition) is 1. The Morgan fingerprint density at radius 2 is 2.24 bits per heavy atom. The van der Waals surface area contributed by atoms with E-state index in [9.17, 15) is 4.79 Å². The Labute approximate surface area is 107 Å². The fourth-order valence-electron chi connectivity index (χ4n) is 1.33. The van der Waals surface area contributed by atoms with Gasteiger partial charge in [0.2, 0.25) is 0 Å². The van der Waals surface area contributed by atoms with E-state index < -0.39 is 5.97 Å². The summed E-state index contributed by atoms with van der Waals surface area (Å²) in [6.07, 6.45) is 0. The van der Waals surface area contributed by atoms with Gasteiger partial charge in [-0.05, 0) is 40.6 Å². The highest BCUT2D eigenvalue weighted by Gasteiger charge is 2.11. The standard InChI is InChI=1S/C12H9ClO3S/c13-9-1-2-10(12(14)15)11(5-9)16-6-8-3-4-17-7-8/h1-5,7H,6H2,(H,14,15). The number of hydrogen-bond acceptors (Lipinski definition) is 3. The molecule has 0 saturated carbocycles. The Morgan fingerprint density at radius 3 is 2.88 bits per heavy atom. The number of carboxylic acids is 1. The summed E-state index contributed by atoms with van der Waals surface area (Å²) in [5.74, 6) is -0.738. The molecular formula is C12H9ClO3S. The van der Waals surface area contributed by atoms with Crippen molar-refractivity contribution < 1.29 is 14.6 Å². The highest BCUT2D eigenvalue weighted by Crippen LogP contribution is 2.24. The van der Waals surface area contributed by atoms with E-state index in [1.165, 1.54) is 18.2 Å². The van der Waals surface area contributed by atoms with Crippen molar-refractivity contribution in [2.75, 3.05) is 0 Å². The third-order valence-corrected chi connectivity index (χ3v) is 3.12. The SMILES string of the molecule is O=C(O)c1ccc(Cl)cc1OCc1ccsc1. The van der Waals surface area contributed by atoms with E-state index in [1.807, 2.05) is 16.8 Å². The Bertz CT molecular complexity index is 523. The number of rotatable bonds is 4. The Morgan fingerprint density at radius 1 is 1.41 bits per heavy atom. The highest BCUT2D eigenvalue weighted by molar-refractivity contribution is 7.07. The van der Waals surface area contributed by atoms with Gasteiger partial charge in [-0.1, -0.05) is 11.6 Å². The first-order valence-electron chi connectivity index (χ1n) is 4.83. The topological polar surface area (TPSA) is 46.5 Å². The summed E-state index contributed by atoms with van der Waals surface area (Å²) in [6.45, 7) is 0.337. The quantitative estimate of drug-likeness (QED) is 0.920. The summed E-state index contributed by atoms with van der Waals surface area (Å²) in [5, 5.41) is 13.3. The van der Waals surface area contributed by atoms with Gasteiger partial charge in [-0.25, -0.2) is 4.79 Å². The maximum Gasteiger partial charge on any atom is 0.339 e. The van der Waals surface area contributed by atoms with Crippen molar-refractivity contribution in [3.8, 4) is 5.75 Å². The number of aromatic carboxylic acids is 1. The van der Waals surface area contributed by atoms with E-state index in [0.717, 1.165) is 5.56 Å². The molecule has 3 nitrogen and oxygen atoms in total. The lowest BCUT2D eigenvalue weighted by Crippen LogP contribution is -2.02. The second-order valence-electron chi connectivity index (χ2n) is 3.37. The van der Waals surface area contributed by atoms with Crippen LogP contribution in [-0.2, 0) is 6.61 Å². The van der Waals surface area contributed by atoms with Crippen LogP contribution < -0.4 is 4.74 Å². The first kappa shape index (κ1) is 12.0. The van der Waals surface area contributed by atoms with Gasteiger partial charge >= 0.3 is 5.97 Å². The Balaban J connectivity index is 2.19. The molecule has 0 amide bonds. The summed E-state index contributed by atoms with van der Waals surface area (Å²) in [6, 6.07) is 6.41. The van der Waals surface area contributed by atoms with E-state index in [2.05, 4.69) is 0 Å². The zero-order chi connectivity index (χ0) is 12.3. The van der Waals surface area contributed by atoms with Crippen LogP contribution in [-0.4, -0.2) is 11.1 Å². The molecule has 0 aliphatic carbocycles. The van der Waals surface area contributed by atoms with Crippen LogP contribution in [0.25, 0.3) is 0 Å². The molecule has 1 heterocycles. The van der Waals surface area contributed by atoms with Gasteiger partial charge in [-0.15, -0.1) is 0 Å². The van der Waals surface area contributed by atoms with Crippen molar-refractivity contribution in [2.24, 2.45) is 0 Å². The van der Waals surface area contributed by atoms with Crippen molar-refractivity contribution in [2.45, 2.75) is 6.61 Å². The van der Waals surface area contributed by atoms with E-state index in [1.54, 1.807) is 11.3 Å². The van der Waals surface area contributed by atoms with Crippen molar-refractivity contribution >= 4 is 28.9 Å². The van der Waals surface area contributed by atoms with Crippen molar-refractivity contribution in [1.82, 2.24) is 0 Å². The van der Waals surface area contributed by atoms with Gasteiger partial charge < -0.3 is 9.84 Å². The number of ether oxygens (including phenoxy) is 1. The highest BCUT2D eigenvalue weighted by atomic mass is 35.5. The molecule has 5 heteroatoms. The second-order valence-corrected chi connectivity index (χ2v) is 4.58. The third kappa shape index (κ3) is 2.99. The van der Waals surface area contributed by atoms with Crippen LogP contribution in [0.4, 0.5) is 0 Å². The molecule has 1 aromatic heterocycles.